The summed E-state index contributed by atoms with van der Waals surface area (Å²) >= 11 is 0. The number of rotatable bonds is 2. The average Bonchev–Trinajstić information content (AvgIpc) is 3.03. The van der Waals surface area contributed by atoms with E-state index in [1.807, 2.05) is 6.08 Å². The van der Waals surface area contributed by atoms with Crippen molar-refractivity contribution < 1.29 is 23.7 Å². The van der Waals surface area contributed by atoms with Crippen LogP contribution >= 0.6 is 0 Å². The molecule has 0 radical (unpaired) electrons. The van der Waals surface area contributed by atoms with Crippen molar-refractivity contribution in [2.75, 3.05) is 33.0 Å². The van der Waals surface area contributed by atoms with Crippen molar-refractivity contribution in [3.05, 3.63) is 23.5 Å². The molecule has 0 aromatic heterocycles. The van der Waals surface area contributed by atoms with E-state index < -0.39 is 0 Å². The normalized spacial score (nSPS) is 27.8. The van der Waals surface area contributed by atoms with Gasteiger partial charge < -0.3 is 23.7 Å². The molecule has 2 fully saturated rings. The molecule has 88 valence electrons. The van der Waals surface area contributed by atoms with Crippen LogP contribution in [-0.4, -0.2) is 45.6 Å². The van der Waals surface area contributed by atoms with Crippen molar-refractivity contribution in [2.45, 2.75) is 12.6 Å². The van der Waals surface area contributed by atoms with Gasteiger partial charge in [-0.25, -0.2) is 0 Å². The van der Waals surface area contributed by atoms with E-state index in [1.54, 1.807) is 6.26 Å². The Morgan fingerprint density at radius 3 is 2.19 bits per heavy atom. The van der Waals surface area contributed by atoms with Crippen molar-refractivity contribution in [3.8, 4) is 0 Å². The van der Waals surface area contributed by atoms with Crippen LogP contribution in [0.2, 0.25) is 0 Å². The van der Waals surface area contributed by atoms with Gasteiger partial charge in [-0.2, -0.15) is 0 Å². The standard InChI is InChI=1S/C11H14O5/c1-2-12-7-9(11-15-5-6-16-11)8(1)10-13-3-4-14-10/h1-2,10-11H,3-7H2. The third-order valence-electron chi connectivity index (χ3n) is 2.74. The van der Waals surface area contributed by atoms with E-state index >= 15 is 0 Å². The second-order valence-corrected chi connectivity index (χ2v) is 3.74. The molecule has 0 spiro atoms. The molecule has 0 amide bonds. The minimum Gasteiger partial charge on any atom is -0.497 e. The molecule has 0 saturated carbocycles. The van der Waals surface area contributed by atoms with Gasteiger partial charge >= 0.3 is 0 Å². The molecule has 0 unspecified atom stereocenters. The van der Waals surface area contributed by atoms with E-state index in [0.717, 1.165) is 11.1 Å². The van der Waals surface area contributed by atoms with Crippen molar-refractivity contribution >= 4 is 0 Å². The van der Waals surface area contributed by atoms with Gasteiger partial charge in [-0.3, -0.25) is 0 Å². The SMILES string of the molecule is C1=CC(C2OCCO2)=C(C2OCCO2)CO1. The average molecular weight is 226 g/mol. The fourth-order valence-electron chi connectivity index (χ4n) is 1.98. The molecule has 0 N–H and O–H groups in total. The Hall–Kier alpha value is -0.880. The second kappa shape index (κ2) is 4.55. The maximum atomic E-state index is 5.48. The van der Waals surface area contributed by atoms with Gasteiger partial charge in [0.2, 0.25) is 0 Å². The van der Waals surface area contributed by atoms with E-state index in [4.69, 9.17) is 23.7 Å². The van der Waals surface area contributed by atoms with Crippen molar-refractivity contribution in [1.82, 2.24) is 0 Å². The van der Waals surface area contributed by atoms with Crippen LogP contribution < -0.4 is 0 Å². The number of hydrogen-bond donors (Lipinski definition) is 0. The van der Waals surface area contributed by atoms with Crippen LogP contribution in [-0.2, 0) is 23.7 Å². The topological polar surface area (TPSA) is 46.2 Å². The fraction of sp³-hybridized carbons (Fsp3) is 0.636. The molecular weight excluding hydrogens is 212 g/mol. The maximum Gasteiger partial charge on any atom is 0.184 e. The van der Waals surface area contributed by atoms with Gasteiger partial charge in [-0.15, -0.1) is 0 Å². The Labute approximate surface area is 93.6 Å². The number of hydrogen-bond acceptors (Lipinski definition) is 5. The largest absolute Gasteiger partial charge is 0.497 e. The molecule has 3 rings (SSSR count). The Morgan fingerprint density at radius 1 is 0.875 bits per heavy atom. The fourth-order valence-corrected chi connectivity index (χ4v) is 1.98. The van der Waals surface area contributed by atoms with Crippen LogP contribution in [0.5, 0.6) is 0 Å². The summed E-state index contributed by atoms with van der Waals surface area (Å²) in [5, 5.41) is 0. The highest BCUT2D eigenvalue weighted by atomic mass is 16.7. The molecule has 3 aliphatic rings. The van der Waals surface area contributed by atoms with Gasteiger partial charge in [-0.1, -0.05) is 0 Å². The molecule has 5 heteroatoms. The maximum absolute atomic E-state index is 5.48. The summed E-state index contributed by atoms with van der Waals surface area (Å²) in [4.78, 5) is 0. The van der Waals surface area contributed by atoms with Crippen LogP contribution in [0.25, 0.3) is 0 Å². The zero-order valence-corrected chi connectivity index (χ0v) is 8.89. The summed E-state index contributed by atoms with van der Waals surface area (Å²) in [7, 11) is 0. The number of ether oxygens (including phenoxy) is 5. The first-order valence-electron chi connectivity index (χ1n) is 5.42. The lowest BCUT2D eigenvalue weighted by Gasteiger charge is -2.23. The minimum atomic E-state index is -0.312. The van der Waals surface area contributed by atoms with Crippen molar-refractivity contribution in [2.24, 2.45) is 0 Å². The van der Waals surface area contributed by atoms with Crippen molar-refractivity contribution in [3.63, 3.8) is 0 Å². The monoisotopic (exact) mass is 226 g/mol. The van der Waals surface area contributed by atoms with Gasteiger partial charge in [0.25, 0.3) is 0 Å². The molecule has 3 aliphatic heterocycles. The highest BCUT2D eigenvalue weighted by Crippen LogP contribution is 2.27. The lowest BCUT2D eigenvalue weighted by Crippen LogP contribution is -2.24. The zero-order chi connectivity index (χ0) is 10.8. The second-order valence-electron chi connectivity index (χ2n) is 3.74. The predicted octanol–water partition coefficient (Wildman–Crippen LogP) is 0.573. The highest BCUT2D eigenvalue weighted by Gasteiger charge is 2.30. The van der Waals surface area contributed by atoms with Crippen LogP contribution in [0, 0.1) is 0 Å². The predicted molar refractivity (Wildman–Crippen MR) is 53.5 cm³/mol. The van der Waals surface area contributed by atoms with Crippen LogP contribution in [0.1, 0.15) is 0 Å². The van der Waals surface area contributed by atoms with Gasteiger partial charge in [0, 0.05) is 11.1 Å². The van der Waals surface area contributed by atoms with Crippen LogP contribution in [0.4, 0.5) is 0 Å². The molecule has 5 nitrogen and oxygen atoms in total. The summed E-state index contributed by atoms with van der Waals surface area (Å²) in [5.74, 6) is 0. The smallest absolute Gasteiger partial charge is 0.184 e. The summed E-state index contributed by atoms with van der Waals surface area (Å²) < 4.78 is 27.2. The van der Waals surface area contributed by atoms with E-state index in [-0.39, 0.29) is 12.6 Å². The highest BCUT2D eigenvalue weighted by molar-refractivity contribution is 5.32. The molecule has 3 heterocycles. The van der Waals surface area contributed by atoms with Gasteiger partial charge in [0.05, 0.1) is 32.7 Å². The summed E-state index contributed by atoms with van der Waals surface area (Å²) in [6.45, 7) is 2.97. The summed E-state index contributed by atoms with van der Waals surface area (Å²) in [6, 6.07) is 0. The first-order chi connectivity index (χ1) is 7.95. The van der Waals surface area contributed by atoms with E-state index in [2.05, 4.69) is 0 Å². The van der Waals surface area contributed by atoms with Gasteiger partial charge in [-0.05, 0) is 6.08 Å². The third-order valence-corrected chi connectivity index (χ3v) is 2.74. The molecule has 16 heavy (non-hydrogen) atoms. The molecule has 0 aliphatic carbocycles. The van der Waals surface area contributed by atoms with E-state index in [9.17, 15) is 0 Å². The molecule has 0 bridgehead atoms. The van der Waals surface area contributed by atoms with E-state index in [0.29, 0.717) is 33.0 Å². The summed E-state index contributed by atoms with van der Waals surface area (Å²) in [6.07, 6.45) is 2.90. The Kier molecular flexibility index (Phi) is 2.92. The third kappa shape index (κ3) is 1.87. The molecular formula is C11H14O5. The lowest BCUT2D eigenvalue weighted by molar-refractivity contribution is -0.0350. The first-order valence-corrected chi connectivity index (χ1v) is 5.42. The van der Waals surface area contributed by atoms with Crippen LogP contribution in [0.15, 0.2) is 23.5 Å². The summed E-state index contributed by atoms with van der Waals surface area (Å²) in [5.41, 5.74) is 1.93. The van der Waals surface area contributed by atoms with Gasteiger partial charge in [0.15, 0.2) is 12.6 Å². The molecule has 2 saturated heterocycles. The van der Waals surface area contributed by atoms with Crippen LogP contribution in [0.3, 0.4) is 0 Å². The van der Waals surface area contributed by atoms with Gasteiger partial charge in [0.1, 0.15) is 6.61 Å². The Bertz CT molecular complexity index is 310. The molecule has 0 aromatic rings. The zero-order valence-electron chi connectivity index (χ0n) is 8.89. The minimum absolute atomic E-state index is 0.303. The van der Waals surface area contributed by atoms with E-state index in [1.165, 1.54) is 0 Å². The first kappa shape index (κ1) is 10.3. The van der Waals surface area contributed by atoms with Crippen molar-refractivity contribution in [1.29, 1.82) is 0 Å². The quantitative estimate of drug-likeness (QED) is 0.689. The lowest BCUT2D eigenvalue weighted by atomic mass is 10.1. The Balaban J connectivity index is 1.85. The molecule has 0 aromatic carbocycles. The Morgan fingerprint density at radius 2 is 1.50 bits per heavy atom. The molecule has 0 atom stereocenters.